The van der Waals surface area contributed by atoms with Crippen LogP contribution in [-0.2, 0) is 19.4 Å². The summed E-state index contributed by atoms with van der Waals surface area (Å²) in [5.41, 5.74) is 2.21. The first kappa shape index (κ1) is 20.2. The van der Waals surface area contributed by atoms with Gasteiger partial charge in [0.15, 0.2) is 5.96 Å². The van der Waals surface area contributed by atoms with Gasteiger partial charge in [-0.05, 0) is 32.9 Å². The molecule has 1 fully saturated rings. The van der Waals surface area contributed by atoms with Crippen LogP contribution in [0.2, 0.25) is 0 Å². The van der Waals surface area contributed by atoms with Gasteiger partial charge in [0.05, 0.1) is 5.69 Å². The van der Waals surface area contributed by atoms with Crippen molar-refractivity contribution in [2.75, 3.05) is 27.2 Å². The van der Waals surface area contributed by atoms with Gasteiger partial charge in [0.25, 0.3) is 0 Å². The van der Waals surface area contributed by atoms with Gasteiger partial charge < -0.3 is 20.1 Å². The zero-order valence-corrected chi connectivity index (χ0v) is 17.0. The fourth-order valence-electron chi connectivity index (χ4n) is 2.98. The molecule has 0 bridgehead atoms. The minimum Gasteiger partial charge on any atom is -0.361 e. The second-order valence-corrected chi connectivity index (χ2v) is 5.82. The summed E-state index contributed by atoms with van der Waals surface area (Å²) in [6.45, 7) is 7.02. The van der Waals surface area contributed by atoms with E-state index in [-0.39, 0.29) is 24.0 Å². The Morgan fingerprint density at radius 1 is 1.35 bits per heavy atom. The molecule has 1 saturated heterocycles. The molecule has 0 amide bonds. The van der Waals surface area contributed by atoms with Gasteiger partial charge in [-0.15, -0.1) is 24.0 Å². The maximum Gasteiger partial charge on any atom is 0.191 e. The van der Waals surface area contributed by atoms with E-state index in [1.165, 1.54) is 24.9 Å². The van der Waals surface area contributed by atoms with Crippen molar-refractivity contribution in [1.82, 2.24) is 20.7 Å². The van der Waals surface area contributed by atoms with E-state index >= 15 is 0 Å². The number of nitrogens with one attached hydrogen (secondary N) is 2. The lowest BCUT2D eigenvalue weighted by Crippen LogP contribution is -2.43. The smallest absolute Gasteiger partial charge is 0.191 e. The number of aryl methyl sites for hydroxylation is 2. The van der Waals surface area contributed by atoms with Crippen LogP contribution in [0.1, 0.15) is 43.7 Å². The van der Waals surface area contributed by atoms with Gasteiger partial charge in [0.2, 0.25) is 0 Å². The highest BCUT2D eigenvalue weighted by molar-refractivity contribution is 14.0. The fourth-order valence-corrected chi connectivity index (χ4v) is 2.98. The molecule has 0 spiro atoms. The number of rotatable bonds is 6. The summed E-state index contributed by atoms with van der Waals surface area (Å²) in [5, 5.41) is 11.0. The van der Waals surface area contributed by atoms with E-state index in [1.54, 1.807) is 0 Å². The average Bonchev–Trinajstić information content (AvgIpc) is 3.13. The van der Waals surface area contributed by atoms with Gasteiger partial charge >= 0.3 is 0 Å². The molecule has 0 radical (unpaired) electrons. The molecule has 0 aliphatic carbocycles. The number of aromatic nitrogens is 1. The predicted molar refractivity (Wildman–Crippen MR) is 105 cm³/mol. The first-order valence-corrected chi connectivity index (χ1v) is 8.30. The Balaban J connectivity index is 0.00000264. The lowest BCUT2D eigenvalue weighted by Gasteiger charge is -2.21. The van der Waals surface area contributed by atoms with Gasteiger partial charge in [0.1, 0.15) is 5.76 Å². The Kier molecular flexibility index (Phi) is 8.90. The minimum atomic E-state index is 0. The van der Waals surface area contributed by atoms with Crippen molar-refractivity contribution in [2.24, 2.45) is 4.99 Å². The number of likely N-dealkylation sites (N-methyl/N-ethyl adjacent to an activating group) is 1. The van der Waals surface area contributed by atoms with E-state index in [1.807, 2.05) is 7.05 Å². The molecule has 1 unspecified atom stereocenters. The van der Waals surface area contributed by atoms with E-state index in [4.69, 9.17) is 4.52 Å². The molecule has 1 atom stereocenters. The van der Waals surface area contributed by atoms with E-state index in [0.717, 1.165) is 36.8 Å². The Hall–Kier alpha value is -0.830. The second-order valence-electron chi connectivity index (χ2n) is 5.82. The van der Waals surface area contributed by atoms with Crippen LogP contribution in [0.5, 0.6) is 0 Å². The van der Waals surface area contributed by atoms with Crippen molar-refractivity contribution < 1.29 is 4.52 Å². The number of nitrogens with zero attached hydrogens (tertiary/aromatic N) is 3. The Morgan fingerprint density at radius 2 is 2.13 bits per heavy atom. The lowest BCUT2D eigenvalue weighted by molar-refractivity contribution is 0.309. The van der Waals surface area contributed by atoms with Crippen molar-refractivity contribution in [3.63, 3.8) is 0 Å². The molecule has 1 aliphatic heterocycles. The van der Waals surface area contributed by atoms with Crippen molar-refractivity contribution in [3.8, 4) is 0 Å². The highest BCUT2D eigenvalue weighted by atomic mass is 127. The van der Waals surface area contributed by atoms with E-state index in [9.17, 15) is 0 Å². The predicted octanol–water partition coefficient (Wildman–Crippen LogP) is 2.18. The summed E-state index contributed by atoms with van der Waals surface area (Å²) >= 11 is 0. The molecule has 2 N–H and O–H groups in total. The lowest BCUT2D eigenvalue weighted by atomic mass is 10.1. The molecule has 1 aromatic heterocycles. The number of halogens is 1. The summed E-state index contributed by atoms with van der Waals surface area (Å²) in [6, 6.07) is 0.603. The molecule has 7 heteroatoms. The van der Waals surface area contributed by atoms with Crippen LogP contribution in [0.3, 0.4) is 0 Å². The van der Waals surface area contributed by atoms with Crippen LogP contribution in [0.25, 0.3) is 0 Å². The number of guanidine groups is 1. The monoisotopic (exact) mass is 435 g/mol. The van der Waals surface area contributed by atoms with Crippen LogP contribution in [-0.4, -0.2) is 49.2 Å². The quantitative estimate of drug-likeness (QED) is 0.408. The molecule has 1 aliphatic rings. The third-order valence-electron chi connectivity index (χ3n) is 4.44. The van der Waals surface area contributed by atoms with Crippen molar-refractivity contribution >= 4 is 29.9 Å². The van der Waals surface area contributed by atoms with Crippen LogP contribution < -0.4 is 10.6 Å². The standard InChI is InChI=1S/C16H29N5O.HI/c1-5-14-13(15(6-2)22-20-14)11-19-16(17-3)18-10-12-8-7-9-21(12)4;/h12H,5-11H2,1-4H3,(H2,17,18,19);1H. The maximum absolute atomic E-state index is 5.40. The largest absolute Gasteiger partial charge is 0.361 e. The highest BCUT2D eigenvalue weighted by Gasteiger charge is 2.20. The van der Waals surface area contributed by atoms with Crippen LogP contribution in [0.4, 0.5) is 0 Å². The summed E-state index contributed by atoms with van der Waals surface area (Å²) in [5.74, 6) is 1.81. The molecule has 2 heterocycles. The zero-order valence-electron chi connectivity index (χ0n) is 14.7. The third-order valence-corrected chi connectivity index (χ3v) is 4.44. The average molecular weight is 435 g/mol. The molecule has 6 nitrogen and oxygen atoms in total. The number of hydrogen-bond acceptors (Lipinski definition) is 4. The summed E-state index contributed by atoms with van der Waals surface area (Å²) in [6.07, 6.45) is 4.30. The van der Waals surface area contributed by atoms with Gasteiger partial charge in [-0.3, -0.25) is 4.99 Å². The summed E-state index contributed by atoms with van der Waals surface area (Å²) in [7, 11) is 4.00. The van der Waals surface area contributed by atoms with Crippen LogP contribution >= 0.6 is 24.0 Å². The molecule has 0 saturated carbocycles. The van der Waals surface area contributed by atoms with Gasteiger partial charge in [0, 0.05) is 38.2 Å². The van der Waals surface area contributed by atoms with Crippen molar-refractivity contribution in [2.45, 2.75) is 52.1 Å². The highest BCUT2D eigenvalue weighted by Crippen LogP contribution is 2.15. The molecule has 1 aromatic rings. The van der Waals surface area contributed by atoms with Gasteiger partial charge in [-0.25, -0.2) is 0 Å². The summed E-state index contributed by atoms with van der Waals surface area (Å²) < 4.78 is 5.40. The topological polar surface area (TPSA) is 65.7 Å². The molecule has 2 rings (SSSR count). The molecule has 23 heavy (non-hydrogen) atoms. The molecular formula is C16H30IN5O. The molecule has 0 aromatic carbocycles. The van der Waals surface area contributed by atoms with E-state index in [0.29, 0.717) is 12.6 Å². The Morgan fingerprint density at radius 3 is 2.70 bits per heavy atom. The molecule has 132 valence electrons. The third kappa shape index (κ3) is 5.34. The van der Waals surface area contributed by atoms with Crippen molar-refractivity contribution in [3.05, 3.63) is 17.0 Å². The first-order valence-electron chi connectivity index (χ1n) is 8.30. The number of hydrogen-bond donors (Lipinski definition) is 2. The summed E-state index contributed by atoms with van der Waals surface area (Å²) in [4.78, 5) is 6.72. The number of aliphatic imine (C=N–C) groups is 1. The van der Waals surface area contributed by atoms with E-state index < -0.39 is 0 Å². The van der Waals surface area contributed by atoms with Crippen molar-refractivity contribution in [1.29, 1.82) is 0 Å². The van der Waals surface area contributed by atoms with Gasteiger partial charge in [-0.1, -0.05) is 19.0 Å². The minimum absolute atomic E-state index is 0. The fraction of sp³-hybridized carbons (Fsp3) is 0.750. The normalized spacial score (nSPS) is 18.8. The van der Waals surface area contributed by atoms with Crippen LogP contribution in [0, 0.1) is 0 Å². The zero-order chi connectivity index (χ0) is 15.9. The van der Waals surface area contributed by atoms with Gasteiger partial charge in [-0.2, -0.15) is 0 Å². The number of likely N-dealkylation sites (tertiary alicyclic amines) is 1. The molecular weight excluding hydrogens is 405 g/mol. The Bertz CT molecular complexity index is 481. The van der Waals surface area contributed by atoms with Crippen LogP contribution in [0.15, 0.2) is 9.52 Å². The Labute approximate surface area is 156 Å². The second kappa shape index (κ2) is 10.1. The first-order chi connectivity index (χ1) is 10.7. The van der Waals surface area contributed by atoms with E-state index in [2.05, 4.69) is 46.6 Å². The maximum atomic E-state index is 5.40. The SMILES string of the molecule is CCc1noc(CC)c1CNC(=NC)NCC1CCCN1C.I.